The summed E-state index contributed by atoms with van der Waals surface area (Å²) in [4.78, 5) is 0. The van der Waals surface area contributed by atoms with Crippen LogP contribution in [0, 0.1) is 5.92 Å². The van der Waals surface area contributed by atoms with Crippen molar-refractivity contribution < 1.29 is 8.42 Å². The van der Waals surface area contributed by atoms with Crippen LogP contribution in [-0.4, -0.2) is 43.6 Å². The highest BCUT2D eigenvalue weighted by atomic mass is 32.2. The van der Waals surface area contributed by atoms with Crippen molar-refractivity contribution in [2.24, 2.45) is 5.92 Å². The van der Waals surface area contributed by atoms with Crippen LogP contribution in [0.1, 0.15) is 39.5 Å². The number of nitrogens with one attached hydrogen (secondary N) is 1. The molecule has 2 fully saturated rings. The van der Waals surface area contributed by atoms with E-state index in [2.05, 4.69) is 19.2 Å². The Morgan fingerprint density at radius 3 is 2.65 bits per heavy atom. The van der Waals surface area contributed by atoms with E-state index in [-0.39, 0.29) is 0 Å². The van der Waals surface area contributed by atoms with Crippen LogP contribution in [0.4, 0.5) is 0 Å². The molecule has 1 heterocycles. The van der Waals surface area contributed by atoms with Crippen LogP contribution in [0.5, 0.6) is 0 Å². The standard InChI is InChI=1S/C12H24N2O2S/c1-10(2)13-6-3-7-17(15,16)14-9-11-4-5-12(14)8-11/h10-13H,3-9H2,1-2H3. The van der Waals surface area contributed by atoms with Crippen LogP contribution in [0.15, 0.2) is 0 Å². The highest BCUT2D eigenvalue weighted by Gasteiger charge is 2.43. The van der Waals surface area contributed by atoms with Gasteiger partial charge in [-0.1, -0.05) is 13.8 Å². The summed E-state index contributed by atoms with van der Waals surface area (Å²) in [5.74, 6) is 0.944. The largest absolute Gasteiger partial charge is 0.314 e. The van der Waals surface area contributed by atoms with Crippen LogP contribution in [0.3, 0.4) is 0 Å². The van der Waals surface area contributed by atoms with Gasteiger partial charge in [-0.25, -0.2) is 8.42 Å². The highest BCUT2D eigenvalue weighted by Crippen LogP contribution is 2.39. The van der Waals surface area contributed by atoms with Gasteiger partial charge in [-0.3, -0.25) is 0 Å². The third kappa shape index (κ3) is 3.20. The fraction of sp³-hybridized carbons (Fsp3) is 1.00. The molecule has 0 amide bonds. The van der Waals surface area contributed by atoms with Crippen molar-refractivity contribution in [1.82, 2.24) is 9.62 Å². The monoisotopic (exact) mass is 260 g/mol. The molecular weight excluding hydrogens is 236 g/mol. The van der Waals surface area contributed by atoms with Gasteiger partial charge in [-0.15, -0.1) is 0 Å². The SMILES string of the molecule is CC(C)NCCCS(=O)(=O)N1CC2CCC1C2. The van der Waals surface area contributed by atoms with Crippen molar-refractivity contribution in [3.05, 3.63) is 0 Å². The fourth-order valence-corrected chi connectivity index (χ4v) is 4.81. The molecule has 0 aromatic heterocycles. The molecule has 1 aliphatic heterocycles. The van der Waals surface area contributed by atoms with Gasteiger partial charge in [-0.2, -0.15) is 4.31 Å². The van der Waals surface area contributed by atoms with Gasteiger partial charge in [0.2, 0.25) is 10.0 Å². The second-order valence-corrected chi connectivity index (χ2v) is 7.72. The summed E-state index contributed by atoms with van der Waals surface area (Å²) < 4.78 is 26.1. The molecule has 2 unspecified atom stereocenters. The Morgan fingerprint density at radius 1 is 1.35 bits per heavy atom. The Hall–Kier alpha value is -0.130. The smallest absolute Gasteiger partial charge is 0.214 e. The summed E-state index contributed by atoms with van der Waals surface area (Å²) in [5.41, 5.74) is 0. The van der Waals surface area contributed by atoms with Crippen molar-refractivity contribution >= 4 is 10.0 Å². The molecule has 2 rings (SSSR count). The molecule has 1 N–H and O–H groups in total. The average Bonchev–Trinajstić information content (AvgIpc) is 2.86. The fourth-order valence-electron chi connectivity index (χ4n) is 2.98. The Labute approximate surface area is 105 Å². The summed E-state index contributed by atoms with van der Waals surface area (Å²) in [6.45, 7) is 5.73. The Bertz CT molecular complexity index is 354. The third-order valence-corrected chi connectivity index (χ3v) is 5.81. The number of hydrogen-bond acceptors (Lipinski definition) is 3. The van der Waals surface area contributed by atoms with E-state index in [1.165, 1.54) is 6.42 Å². The van der Waals surface area contributed by atoms with Gasteiger partial charge in [0.25, 0.3) is 0 Å². The Balaban J connectivity index is 1.79. The van der Waals surface area contributed by atoms with E-state index in [0.717, 1.165) is 25.9 Å². The molecule has 2 atom stereocenters. The first-order valence-corrected chi connectivity index (χ1v) is 8.33. The van der Waals surface area contributed by atoms with Gasteiger partial charge < -0.3 is 5.32 Å². The van der Waals surface area contributed by atoms with Gasteiger partial charge in [0, 0.05) is 18.6 Å². The molecule has 0 aromatic rings. The second kappa shape index (κ2) is 5.24. The normalized spacial score (nSPS) is 29.4. The molecule has 0 radical (unpaired) electrons. The van der Waals surface area contributed by atoms with E-state index in [9.17, 15) is 8.42 Å². The van der Waals surface area contributed by atoms with E-state index in [1.807, 2.05) is 0 Å². The van der Waals surface area contributed by atoms with Crippen LogP contribution < -0.4 is 5.32 Å². The van der Waals surface area contributed by atoms with E-state index < -0.39 is 10.0 Å². The molecule has 5 heteroatoms. The zero-order valence-electron chi connectivity index (χ0n) is 10.9. The number of hydrogen-bond donors (Lipinski definition) is 1. The van der Waals surface area contributed by atoms with Crippen LogP contribution in [-0.2, 0) is 10.0 Å². The molecule has 1 aliphatic carbocycles. The summed E-state index contributed by atoms with van der Waals surface area (Å²) >= 11 is 0. The van der Waals surface area contributed by atoms with Crippen molar-refractivity contribution in [3.8, 4) is 0 Å². The van der Waals surface area contributed by atoms with Crippen LogP contribution in [0.2, 0.25) is 0 Å². The summed E-state index contributed by atoms with van der Waals surface area (Å²) in [5, 5.41) is 3.26. The molecule has 1 saturated heterocycles. The van der Waals surface area contributed by atoms with E-state index in [1.54, 1.807) is 4.31 Å². The van der Waals surface area contributed by atoms with E-state index in [0.29, 0.717) is 30.2 Å². The molecule has 0 spiro atoms. The Morgan fingerprint density at radius 2 is 2.12 bits per heavy atom. The maximum atomic E-state index is 12.2. The molecule has 17 heavy (non-hydrogen) atoms. The predicted molar refractivity (Wildman–Crippen MR) is 69.4 cm³/mol. The van der Waals surface area contributed by atoms with Crippen molar-refractivity contribution in [1.29, 1.82) is 0 Å². The first-order chi connectivity index (χ1) is 7.99. The molecule has 0 aromatic carbocycles. The topological polar surface area (TPSA) is 49.4 Å². The van der Waals surface area contributed by atoms with Crippen LogP contribution in [0.25, 0.3) is 0 Å². The molecule has 2 bridgehead atoms. The summed E-state index contributed by atoms with van der Waals surface area (Å²) in [7, 11) is -3.00. The molecule has 100 valence electrons. The maximum absolute atomic E-state index is 12.2. The minimum atomic E-state index is -3.00. The zero-order chi connectivity index (χ0) is 12.5. The molecule has 2 aliphatic rings. The average molecular weight is 260 g/mol. The Kier molecular flexibility index (Phi) is 4.10. The van der Waals surface area contributed by atoms with Crippen molar-refractivity contribution in [2.75, 3.05) is 18.8 Å². The molecule has 1 saturated carbocycles. The lowest BCUT2D eigenvalue weighted by molar-refractivity contribution is 0.333. The van der Waals surface area contributed by atoms with E-state index >= 15 is 0 Å². The first kappa shape index (κ1) is 13.3. The molecule has 4 nitrogen and oxygen atoms in total. The second-order valence-electron chi connectivity index (χ2n) is 5.68. The number of fused-ring (bicyclic) bond motifs is 2. The number of nitrogens with zero attached hydrogens (tertiary/aromatic N) is 1. The lowest BCUT2D eigenvalue weighted by atomic mass is 10.1. The third-order valence-electron chi connectivity index (χ3n) is 3.85. The van der Waals surface area contributed by atoms with Gasteiger partial charge in [0.15, 0.2) is 0 Å². The number of piperidine rings is 1. The summed E-state index contributed by atoms with van der Waals surface area (Å²) in [6, 6.07) is 0.753. The minimum absolute atomic E-state index is 0.302. The quantitative estimate of drug-likeness (QED) is 0.730. The van der Waals surface area contributed by atoms with E-state index in [4.69, 9.17) is 0 Å². The molecular formula is C12H24N2O2S. The van der Waals surface area contributed by atoms with Crippen molar-refractivity contribution in [3.63, 3.8) is 0 Å². The van der Waals surface area contributed by atoms with Crippen molar-refractivity contribution in [2.45, 2.75) is 51.6 Å². The maximum Gasteiger partial charge on any atom is 0.214 e. The lowest BCUT2D eigenvalue weighted by Crippen LogP contribution is -2.39. The first-order valence-electron chi connectivity index (χ1n) is 6.72. The minimum Gasteiger partial charge on any atom is -0.314 e. The number of rotatable bonds is 6. The summed E-state index contributed by atoms with van der Waals surface area (Å²) in [6.07, 6.45) is 4.12. The van der Waals surface area contributed by atoms with Gasteiger partial charge in [-0.05, 0) is 38.1 Å². The predicted octanol–water partition coefficient (Wildman–Crippen LogP) is 1.19. The van der Waals surface area contributed by atoms with Gasteiger partial charge in [0.05, 0.1) is 5.75 Å². The highest BCUT2D eigenvalue weighted by molar-refractivity contribution is 7.89. The number of sulfonamides is 1. The van der Waals surface area contributed by atoms with Gasteiger partial charge in [0.1, 0.15) is 0 Å². The lowest BCUT2D eigenvalue weighted by Gasteiger charge is -2.26. The van der Waals surface area contributed by atoms with Crippen LogP contribution >= 0.6 is 0 Å². The van der Waals surface area contributed by atoms with Gasteiger partial charge >= 0.3 is 0 Å². The zero-order valence-corrected chi connectivity index (χ0v) is 11.7.